The van der Waals surface area contributed by atoms with E-state index in [4.69, 9.17) is 0 Å². The summed E-state index contributed by atoms with van der Waals surface area (Å²) in [5.41, 5.74) is 2.60. The standard InChI is InChI=1S/C21H16F3N3O2S2/c1-13-9-14(3-5-17(13)15-7-8-30-12-15)18-10-19(21(22,23)24)26-27(18)20-6-4-16(11-25-20)31(2,28)29/h3-12H,1-2H3. The van der Waals surface area contributed by atoms with Gasteiger partial charge in [-0.2, -0.15) is 29.6 Å². The summed E-state index contributed by atoms with van der Waals surface area (Å²) in [7, 11) is -3.49. The van der Waals surface area contributed by atoms with Crippen LogP contribution in [0.25, 0.3) is 28.2 Å². The van der Waals surface area contributed by atoms with Crippen LogP contribution in [0.4, 0.5) is 13.2 Å². The predicted molar refractivity (Wildman–Crippen MR) is 113 cm³/mol. The van der Waals surface area contributed by atoms with Crippen molar-refractivity contribution in [2.24, 2.45) is 0 Å². The molecule has 0 bridgehead atoms. The minimum Gasteiger partial charge on any atom is -0.236 e. The van der Waals surface area contributed by atoms with Crippen LogP contribution in [0.3, 0.4) is 0 Å². The molecule has 0 fully saturated rings. The van der Waals surface area contributed by atoms with Gasteiger partial charge in [-0.05, 0) is 64.7 Å². The van der Waals surface area contributed by atoms with E-state index in [1.165, 1.54) is 12.1 Å². The van der Waals surface area contributed by atoms with E-state index in [-0.39, 0.29) is 16.4 Å². The van der Waals surface area contributed by atoms with Gasteiger partial charge in [0, 0.05) is 18.0 Å². The Hall–Kier alpha value is -2.98. The molecule has 0 radical (unpaired) electrons. The van der Waals surface area contributed by atoms with Gasteiger partial charge in [0.25, 0.3) is 0 Å². The van der Waals surface area contributed by atoms with Gasteiger partial charge in [0.1, 0.15) is 0 Å². The van der Waals surface area contributed by atoms with Crippen LogP contribution in [0.2, 0.25) is 0 Å². The summed E-state index contributed by atoms with van der Waals surface area (Å²) in [6, 6.07) is 11.0. The summed E-state index contributed by atoms with van der Waals surface area (Å²) in [6.45, 7) is 1.89. The molecular weight excluding hydrogens is 447 g/mol. The maximum Gasteiger partial charge on any atom is 0.435 e. The normalized spacial score (nSPS) is 12.3. The maximum absolute atomic E-state index is 13.4. The van der Waals surface area contributed by atoms with Crippen molar-refractivity contribution in [1.29, 1.82) is 0 Å². The second-order valence-electron chi connectivity index (χ2n) is 6.99. The summed E-state index contributed by atoms with van der Waals surface area (Å²) in [5, 5.41) is 7.66. The highest BCUT2D eigenvalue weighted by Crippen LogP contribution is 2.35. The van der Waals surface area contributed by atoms with Gasteiger partial charge >= 0.3 is 6.18 Å². The number of benzene rings is 1. The van der Waals surface area contributed by atoms with Crippen LogP contribution in [0.15, 0.2) is 64.3 Å². The third-order valence-corrected chi connectivity index (χ3v) is 6.50. The molecule has 160 valence electrons. The number of aromatic nitrogens is 3. The molecule has 0 aliphatic rings. The number of alkyl halides is 3. The summed E-state index contributed by atoms with van der Waals surface area (Å²) in [5.74, 6) is 0.0810. The fourth-order valence-corrected chi connectivity index (χ4v) is 4.40. The second kappa shape index (κ2) is 7.61. The fraction of sp³-hybridized carbons (Fsp3) is 0.143. The zero-order chi connectivity index (χ0) is 22.4. The van der Waals surface area contributed by atoms with Crippen LogP contribution in [0.1, 0.15) is 11.3 Å². The largest absolute Gasteiger partial charge is 0.435 e. The first-order chi connectivity index (χ1) is 14.5. The van der Waals surface area contributed by atoms with Gasteiger partial charge < -0.3 is 0 Å². The molecule has 0 saturated carbocycles. The second-order valence-corrected chi connectivity index (χ2v) is 9.79. The first kappa shape index (κ1) is 21.3. The van der Waals surface area contributed by atoms with Gasteiger partial charge in [-0.15, -0.1) is 0 Å². The first-order valence-electron chi connectivity index (χ1n) is 9.01. The van der Waals surface area contributed by atoms with Crippen molar-refractivity contribution in [3.8, 4) is 28.2 Å². The lowest BCUT2D eigenvalue weighted by molar-refractivity contribution is -0.141. The predicted octanol–water partition coefficient (Wildman–Crippen LogP) is 5.39. The van der Waals surface area contributed by atoms with E-state index in [2.05, 4.69) is 10.1 Å². The van der Waals surface area contributed by atoms with Gasteiger partial charge in [0.05, 0.1) is 10.6 Å². The molecule has 0 aliphatic heterocycles. The minimum absolute atomic E-state index is 0.0306. The Morgan fingerprint density at radius 1 is 1.03 bits per heavy atom. The number of halogens is 3. The van der Waals surface area contributed by atoms with Crippen LogP contribution >= 0.6 is 11.3 Å². The van der Waals surface area contributed by atoms with Crippen LogP contribution in [-0.4, -0.2) is 29.4 Å². The van der Waals surface area contributed by atoms with Crippen molar-refractivity contribution in [3.63, 3.8) is 0 Å². The highest BCUT2D eigenvalue weighted by Gasteiger charge is 2.35. The Balaban J connectivity index is 1.84. The number of nitrogens with zero attached hydrogens (tertiary/aromatic N) is 3. The average molecular weight is 464 g/mol. The number of hydrogen-bond acceptors (Lipinski definition) is 5. The zero-order valence-electron chi connectivity index (χ0n) is 16.4. The average Bonchev–Trinajstić information content (AvgIpc) is 3.37. The van der Waals surface area contributed by atoms with Crippen LogP contribution < -0.4 is 0 Å². The number of sulfone groups is 1. The van der Waals surface area contributed by atoms with E-state index in [0.717, 1.165) is 39.9 Å². The molecule has 3 aromatic heterocycles. The summed E-state index contributed by atoms with van der Waals surface area (Å²) < 4.78 is 64.6. The van der Waals surface area contributed by atoms with Crippen molar-refractivity contribution < 1.29 is 21.6 Å². The summed E-state index contributed by atoms with van der Waals surface area (Å²) >= 11 is 1.56. The molecule has 4 aromatic rings. The summed E-state index contributed by atoms with van der Waals surface area (Å²) in [6.07, 6.45) is -2.50. The first-order valence-corrected chi connectivity index (χ1v) is 11.8. The van der Waals surface area contributed by atoms with E-state index >= 15 is 0 Å². The molecular formula is C21H16F3N3O2S2. The zero-order valence-corrected chi connectivity index (χ0v) is 18.0. The van der Waals surface area contributed by atoms with Gasteiger partial charge in [-0.1, -0.05) is 12.1 Å². The maximum atomic E-state index is 13.4. The monoisotopic (exact) mass is 463 g/mol. The van der Waals surface area contributed by atoms with Crippen molar-refractivity contribution >= 4 is 21.2 Å². The van der Waals surface area contributed by atoms with Crippen LogP contribution in [0, 0.1) is 6.92 Å². The van der Waals surface area contributed by atoms with Crippen LogP contribution in [-0.2, 0) is 16.0 Å². The molecule has 10 heteroatoms. The molecule has 1 aromatic carbocycles. The Bertz CT molecular complexity index is 1340. The lowest BCUT2D eigenvalue weighted by atomic mass is 9.99. The van der Waals surface area contributed by atoms with Gasteiger partial charge in [0.2, 0.25) is 0 Å². The Morgan fingerprint density at radius 2 is 1.81 bits per heavy atom. The molecule has 0 atom stereocenters. The smallest absolute Gasteiger partial charge is 0.236 e. The van der Waals surface area contributed by atoms with Gasteiger partial charge in [-0.3, -0.25) is 0 Å². The molecule has 0 spiro atoms. The number of rotatable bonds is 4. The number of pyridine rings is 1. The van der Waals surface area contributed by atoms with Gasteiger partial charge in [-0.25, -0.2) is 18.1 Å². The number of aryl methyl sites for hydroxylation is 1. The lowest BCUT2D eigenvalue weighted by Gasteiger charge is -2.10. The van der Waals surface area contributed by atoms with Gasteiger partial charge in [0.15, 0.2) is 21.3 Å². The Labute approximate surface area is 180 Å². The summed E-state index contributed by atoms with van der Waals surface area (Å²) in [4.78, 5) is 4.00. The highest BCUT2D eigenvalue weighted by molar-refractivity contribution is 7.90. The molecule has 31 heavy (non-hydrogen) atoms. The lowest BCUT2D eigenvalue weighted by Crippen LogP contribution is -2.08. The number of thiophene rings is 1. The Morgan fingerprint density at radius 3 is 2.35 bits per heavy atom. The van der Waals surface area contributed by atoms with Crippen molar-refractivity contribution in [1.82, 2.24) is 14.8 Å². The van der Waals surface area contributed by atoms with E-state index in [1.807, 2.05) is 29.8 Å². The Kier molecular flexibility index (Phi) is 5.22. The topological polar surface area (TPSA) is 64.8 Å². The van der Waals surface area contributed by atoms with E-state index in [0.29, 0.717) is 5.56 Å². The molecule has 0 aliphatic carbocycles. The molecule has 0 N–H and O–H groups in total. The molecule has 0 unspecified atom stereocenters. The van der Waals surface area contributed by atoms with Crippen molar-refractivity contribution in [2.45, 2.75) is 18.0 Å². The van der Waals surface area contributed by atoms with Crippen LogP contribution in [0.5, 0.6) is 0 Å². The molecule has 3 heterocycles. The highest BCUT2D eigenvalue weighted by atomic mass is 32.2. The minimum atomic E-state index is -4.64. The van der Waals surface area contributed by atoms with Crippen molar-refractivity contribution in [3.05, 3.63) is 70.7 Å². The molecule has 4 rings (SSSR count). The van der Waals surface area contributed by atoms with E-state index in [1.54, 1.807) is 23.5 Å². The number of hydrogen-bond donors (Lipinski definition) is 0. The third-order valence-electron chi connectivity index (χ3n) is 4.72. The molecule has 0 amide bonds. The fourth-order valence-electron chi connectivity index (χ4n) is 3.18. The molecule has 0 saturated heterocycles. The third kappa shape index (κ3) is 4.26. The quantitative estimate of drug-likeness (QED) is 0.407. The van der Waals surface area contributed by atoms with Crippen molar-refractivity contribution in [2.75, 3.05) is 6.26 Å². The molecule has 5 nitrogen and oxygen atoms in total. The van der Waals surface area contributed by atoms with E-state index < -0.39 is 21.7 Å². The van der Waals surface area contributed by atoms with E-state index in [9.17, 15) is 21.6 Å². The SMILES string of the molecule is Cc1cc(-c2cc(C(F)(F)F)nn2-c2ccc(S(C)(=O)=O)cn2)ccc1-c1ccsc1.